The molecule has 7 nitrogen and oxygen atoms in total. The van der Waals surface area contributed by atoms with Crippen molar-refractivity contribution in [2.24, 2.45) is 0 Å². The summed E-state index contributed by atoms with van der Waals surface area (Å²) in [4.78, 5) is 4.21. The number of hydrogen-bond donors (Lipinski definition) is 0. The monoisotopic (exact) mass is 343 g/mol. The molecule has 1 aliphatic heterocycles. The van der Waals surface area contributed by atoms with Crippen molar-refractivity contribution in [3.63, 3.8) is 0 Å². The first kappa shape index (κ1) is 18.1. The van der Waals surface area contributed by atoms with Gasteiger partial charge in [-0.25, -0.2) is 8.96 Å². The quantitative estimate of drug-likeness (QED) is 0.838. The van der Waals surface area contributed by atoms with Crippen LogP contribution in [0.15, 0.2) is 18.6 Å². The van der Waals surface area contributed by atoms with Crippen LogP contribution in [0.5, 0.6) is 0 Å². The van der Waals surface area contributed by atoms with Gasteiger partial charge in [0, 0.05) is 33.1 Å². The summed E-state index contributed by atoms with van der Waals surface area (Å²) in [6.07, 6.45) is 7.12. The Morgan fingerprint density at radius 3 is 2.43 bits per heavy atom. The standard InChI is InChI=1S/C13H19N3O4S.C2H6/c1-15(2)21(17,18)16-9-12(14-10-16)11-3-5-13(6-4-11)19-7-8-20-13;1-2/h3,9-10H,4-8H2,1-2H3;1-2H3. The molecule has 0 bridgehead atoms. The number of nitrogens with zero attached hydrogens (tertiary/aromatic N) is 3. The highest BCUT2D eigenvalue weighted by molar-refractivity contribution is 7.87. The summed E-state index contributed by atoms with van der Waals surface area (Å²) < 4.78 is 37.7. The molecule has 1 spiro atoms. The molecule has 2 heterocycles. The molecule has 0 atom stereocenters. The van der Waals surface area contributed by atoms with E-state index in [9.17, 15) is 8.42 Å². The zero-order valence-corrected chi connectivity index (χ0v) is 15.0. The highest BCUT2D eigenvalue weighted by Crippen LogP contribution is 2.37. The average Bonchev–Trinajstić information content (AvgIpc) is 3.20. The maximum atomic E-state index is 12.0. The minimum atomic E-state index is -3.51. The second kappa shape index (κ2) is 7.12. The molecule has 2 aliphatic rings. The molecule has 0 aromatic carbocycles. The topological polar surface area (TPSA) is 73.7 Å². The molecule has 1 aromatic rings. The Kier molecular flexibility index (Phi) is 5.61. The van der Waals surface area contributed by atoms with E-state index in [4.69, 9.17) is 9.47 Å². The van der Waals surface area contributed by atoms with E-state index in [1.807, 2.05) is 19.9 Å². The third-order valence-electron chi connectivity index (χ3n) is 3.87. The third-order valence-corrected chi connectivity index (χ3v) is 5.52. The predicted molar refractivity (Wildman–Crippen MR) is 88.0 cm³/mol. The molecule has 1 aliphatic carbocycles. The van der Waals surface area contributed by atoms with Gasteiger partial charge in [-0.2, -0.15) is 12.7 Å². The first-order chi connectivity index (χ1) is 10.9. The average molecular weight is 343 g/mol. The molecule has 0 unspecified atom stereocenters. The van der Waals surface area contributed by atoms with Crippen molar-refractivity contribution in [2.75, 3.05) is 27.3 Å². The van der Waals surface area contributed by atoms with Crippen LogP contribution in [0.1, 0.15) is 38.8 Å². The number of aromatic nitrogens is 2. The van der Waals surface area contributed by atoms with E-state index in [1.165, 1.54) is 20.4 Å². The zero-order valence-electron chi connectivity index (χ0n) is 14.2. The molecule has 0 saturated carbocycles. The second-order valence-electron chi connectivity index (χ2n) is 5.42. The van der Waals surface area contributed by atoms with Gasteiger partial charge in [-0.15, -0.1) is 0 Å². The maximum Gasteiger partial charge on any atom is 0.308 e. The maximum absolute atomic E-state index is 12.0. The molecule has 1 saturated heterocycles. The van der Waals surface area contributed by atoms with E-state index >= 15 is 0 Å². The number of allylic oxidation sites excluding steroid dienone is 1. The van der Waals surface area contributed by atoms with Crippen molar-refractivity contribution < 1.29 is 17.9 Å². The minimum Gasteiger partial charge on any atom is -0.347 e. The Morgan fingerprint density at radius 1 is 1.26 bits per heavy atom. The number of ether oxygens (including phenoxy) is 2. The number of imidazole rings is 1. The van der Waals surface area contributed by atoms with Crippen molar-refractivity contribution in [3.05, 3.63) is 24.3 Å². The van der Waals surface area contributed by atoms with Gasteiger partial charge in [0.25, 0.3) is 0 Å². The molecule has 0 radical (unpaired) electrons. The summed E-state index contributed by atoms with van der Waals surface area (Å²) in [5, 5.41) is 0. The number of hydrogen-bond acceptors (Lipinski definition) is 5. The molecule has 1 aromatic heterocycles. The van der Waals surface area contributed by atoms with Crippen LogP contribution in [-0.2, 0) is 19.7 Å². The molecule has 8 heteroatoms. The smallest absolute Gasteiger partial charge is 0.308 e. The molecule has 1 fully saturated rings. The van der Waals surface area contributed by atoms with Crippen LogP contribution in [0.4, 0.5) is 0 Å². The number of rotatable bonds is 3. The van der Waals surface area contributed by atoms with E-state index < -0.39 is 16.0 Å². The van der Waals surface area contributed by atoms with Gasteiger partial charge in [-0.1, -0.05) is 19.9 Å². The van der Waals surface area contributed by atoms with Gasteiger partial charge in [-0.3, -0.25) is 0 Å². The summed E-state index contributed by atoms with van der Waals surface area (Å²) in [5.74, 6) is -0.470. The van der Waals surface area contributed by atoms with Gasteiger partial charge in [0.1, 0.15) is 6.33 Å². The lowest BCUT2D eigenvalue weighted by atomic mass is 9.92. The van der Waals surface area contributed by atoms with Crippen molar-refractivity contribution >= 4 is 15.8 Å². The molecule has 3 rings (SSSR count). The lowest BCUT2D eigenvalue weighted by Crippen LogP contribution is -2.31. The van der Waals surface area contributed by atoms with Crippen LogP contribution < -0.4 is 0 Å². The van der Waals surface area contributed by atoms with Crippen LogP contribution >= 0.6 is 0 Å². The van der Waals surface area contributed by atoms with Gasteiger partial charge in [-0.05, 0) is 12.0 Å². The molecule has 0 amide bonds. The van der Waals surface area contributed by atoms with Gasteiger partial charge in [0.2, 0.25) is 0 Å². The summed E-state index contributed by atoms with van der Waals surface area (Å²) in [5.41, 5.74) is 1.72. The molecular weight excluding hydrogens is 318 g/mol. The van der Waals surface area contributed by atoms with Crippen LogP contribution in [0.2, 0.25) is 0 Å². The Bertz CT molecular complexity index is 658. The molecule has 23 heavy (non-hydrogen) atoms. The SMILES string of the molecule is CC.CN(C)S(=O)(=O)n1cnc(C2=CCC3(CC2)OCCO3)c1. The van der Waals surface area contributed by atoms with Crippen molar-refractivity contribution in [2.45, 2.75) is 38.9 Å². The summed E-state index contributed by atoms with van der Waals surface area (Å²) in [7, 11) is -0.519. The first-order valence-electron chi connectivity index (χ1n) is 7.87. The van der Waals surface area contributed by atoms with Gasteiger partial charge < -0.3 is 9.47 Å². The van der Waals surface area contributed by atoms with Crippen LogP contribution in [-0.4, -0.2) is 54.8 Å². The van der Waals surface area contributed by atoms with E-state index in [0.29, 0.717) is 25.3 Å². The normalized spacial score (nSPS) is 20.3. The van der Waals surface area contributed by atoms with Gasteiger partial charge >= 0.3 is 10.2 Å². The lowest BCUT2D eigenvalue weighted by Gasteiger charge is -2.30. The largest absolute Gasteiger partial charge is 0.347 e. The molecule has 0 N–H and O–H groups in total. The summed E-state index contributed by atoms with van der Waals surface area (Å²) >= 11 is 0. The van der Waals surface area contributed by atoms with Gasteiger partial charge in [0.15, 0.2) is 5.79 Å². The summed E-state index contributed by atoms with van der Waals surface area (Å²) in [6.45, 7) is 5.28. The fraction of sp³-hybridized carbons (Fsp3) is 0.667. The van der Waals surface area contributed by atoms with E-state index in [0.717, 1.165) is 26.7 Å². The minimum absolute atomic E-state index is 0.470. The van der Waals surface area contributed by atoms with Crippen LogP contribution in [0.25, 0.3) is 5.57 Å². The molecular formula is C15H25N3O4S. The van der Waals surface area contributed by atoms with Crippen molar-refractivity contribution in [1.29, 1.82) is 0 Å². The third kappa shape index (κ3) is 3.65. The highest BCUT2D eigenvalue weighted by atomic mass is 32.2. The Hall–Kier alpha value is -1.22. The van der Waals surface area contributed by atoms with Crippen LogP contribution in [0, 0.1) is 0 Å². The van der Waals surface area contributed by atoms with Crippen molar-refractivity contribution in [3.8, 4) is 0 Å². The van der Waals surface area contributed by atoms with Crippen LogP contribution in [0.3, 0.4) is 0 Å². The Balaban J connectivity index is 0.000000924. The predicted octanol–water partition coefficient (Wildman–Crippen LogP) is 1.87. The second-order valence-corrected chi connectivity index (χ2v) is 7.47. The van der Waals surface area contributed by atoms with Crippen molar-refractivity contribution in [1.82, 2.24) is 13.3 Å². The van der Waals surface area contributed by atoms with Gasteiger partial charge in [0.05, 0.1) is 18.9 Å². The highest BCUT2D eigenvalue weighted by Gasteiger charge is 2.38. The first-order valence-corrected chi connectivity index (χ1v) is 9.27. The van der Waals surface area contributed by atoms with E-state index in [2.05, 4.69) is 4.98 Å². The zero-order chi connectivity index (χ0) is 17.1. The fourth-order valence-corrected chi connectivity index (χ4v) is 3.36. The molecule has 130 valence electrons. The fourth-order valence-electron chi connectivity index (χ4n) is 2.59. The Morgan fingerprint density at radius 2 is 1.91 bits per heavy atom. The van der Waals surface area contributed by atoms with E-state index in [-0.39, 0.29) is 0 Å². The summed E-state index contributed by atoms with van der Waals surface area (Å²) in [6, 6.07) is 0. The van der Waals surface area contributed by atoms with E-state index in [1.54, 1.807) is 6.20 Å². The Labute approximate surface area is 138 Å². The lowest BCUT2D eigenvalue weighted by molar-refractivity contribution is -0.159.